The topological polar surface area (TPSA) is 102 Å². The van der Waals surface area contributed by atoms with Crippen LogP contribution >= 0.6 is 0 Å². The highest BCUT2D eigenvalue weighted by molar-refractivity contribution is 6.08. The predicted octanol–water partition coefficient (Wildman–Crippen LogP) is 3.22. The fraction of sp³-hybridized carbons (Fsp3) is 0.176. The van der Waals surface area contributed by atoms with Gasteiger partial charge in [-0.1, -0.05) is 18.2 Å². The Balaban J connectivity index is 2.29. The van der Waals surface area contributed by atoms with E-state index in [4.69, 9.17) is 4.74 Å². The second-order valence-electron chi connectivity index (χ2n) is 5.17. The number of benzene rings is 1. The fourth-order valence-electron chi connectivity index (χ4n) is 2.40. The molecule has 0 aliphatic carbocycles. The summed E-state index contributed by atoms with van der Waals surface area (Å²) >= 11 is 0. The lowest BCUT2D eigenvalue weighted by Gasteiger charge is -1.99. The highest BCUT2D eigenvalue weighted by Gasteiger charge is 2.21. The van der Waals surface area contributed by atoms with Crippen molar-refractivity contribution in [1.82, 2.24) is 4.98 Å². The van der Waals surface area contributed by atoms with Gasteiger partial charge in [-0.05, 0) is 31.1 Å². The van der Waals surface area contributed by atoms with Gasteiger partial charge in [0, 0.05) is 17.8 Å². The third-order valence-electron chi connectivity index (χ3n) is 3.58. The van der Waals surface area contributed by atoms with Crippen molar-refractivity contribution in [3.8, 4) is 0 Å². The van der Waals surface area contributed by atoms with Crippen molar-refractivity contribution in [2.45, 2.75) is 13.8 Å². The minimum absolute atomic E-state index is 0.0514. The molecule has 24 heavy (non-hydrogen) atoms. The molecule has 0 bridgehead atoms. The van der Waals surface area contributed by atoms with E-state index in [1.807, 2.05) is 0 Å². The summed E-state index contributed by atoms with van der Waals surface area (Å²) in [7, 11) is 1.28. The number of nitro groups is 1. The molecule has 7 heteroatoms. The Morgan fingerprint density at radius 2 is 2.00 bits per heavy atom. The summed E-state index contributed by atoms with van der Waals surface area (Å²) in [6.45, 7) is 3.34. The second kappa shape index (κ2) is 6.91. The maximum atomic E-state index is 12.3. The number of aryl methyl sites for hydroxylation is 1. The molecule has 0 amide bonds. The van der Waals surface area contributed by atoms with Crippen LogP contribution in [0.2, 0.25) is 0 Å². The van der Waals surface area contributed by atoms with Gasteiger partial charge in [-0.15, -0.1) is 0 Å². The van der Waals surface area contributed by atoms with Crippen LogP contribution < -0.4 is 0 Å². The first-order chi connectivity index (χ1) is 11.3. The maximum Gasteiger partial charge on any atom is 0.339 e. The monoisotopic (exact) mass is 328 g/mol. The molecular weight excluding hydrogens is 312 g/mol. The van der Waals surface area contributed by atoms with Crippen molar-refractivity contribution in [3.05, 3.63) is 68.5 Å². The molecule has 1 aromatic carbocycles. The first-order valence-corrected chi connectivity index (χ1v) is 7.09. The first kappa shape index (κ1) is 17.1. The third-order valence-corrected chi connectivity index (χ3v) is 3.58. The van der Waals surface area contributed by atoms with Gasteiger partial charge < -0.3 is 9.72 Å². The Kier molecular flexibility index (Phi) is 4.93. The van der Waals surface area contributed by atoms with Crippen LogP contribution in [-0.4, -0.2) is 28.8 Å². The number of aromatic amines is 1. The van der Waals surface area contributed by atoms with Crippen molar-refractivity contribution < 1.29 is 19.2 Å². The maximum absolute atomic E-state index is 12.3. The lowest BCUT2D eigenvalue weighted by Crippen LogP contribution is -2.04. The van der Waals surface area contributed by atoms with Crippen LogP contribution in [0.15, 0.2) is 30.3 Å². The Labute approximate surface area is 138 Å². The van der Waals surface area contributed by atoms with Gasteiger partial charge in [0.15, 0.2) is 0 Å². The molecule has 0 aliphatic rings. The number of nitrogens with zero attached hydrogens (tertiary/aromatic N) is 1. The Bertz CT molecular complexity index is 849. The summed E-state index contributed by atoms with van der Waals surface area (Å²) in [6.07, 6.45) is 2.79. The number of non-ortho nitro benzene ring substituents is 1. The van der Waals surface area contributed by atoms with Crippen molar-refractivity contribution in [3.63, 3.8) is 0 Å². The largest absolute Gasteiger partial charge is 0.465 e. The minimum atomic E-state index is -0.511. The molecule has 124 valence electrons. The smallest absolute Gasteiger partial charge is 0.339 e. The molecule has 1 N–H and O–H groups in total. The second-order valence-corrected chi connectivity index (χ2v) is 5.17. The third kappa shape index (κ3) is 3.40. The zero-order valence-electron chi connectivity index (χ0n) is 13.5. The summed E-state index contributed by atoms with van der Waals surface area (Å²) in [6, 6.07) is 5.95. The molecule has 0 saturated heterocycles. The van der Waals surface area contributed by atoms with Gasteiger partial charge >= 0.3 is 5.97 Å². The number of allylic oxidation sites excluding steroid dienone is 1. The number of nitrogens with one attached hydrogen (secondary N) is 1. The van der Waals surface area contributed by atoms with E-state index in [-0.39, 0.29) is 17.2 Å². The van der Waals surface area contributed by atoms with Gasteiger partial charge in [0.05, 0.1) is 23.3 Å². The van der Waals surface area contributed by atoms with E-state index in [0.717, 1.165) is 0 Å². The molecule has 7 nitrogen and oxygen atoms in total. The molecule has 2 aromatic rings. The van der Waals surface area contributed by atoms with E-state index >= 15 is 0 Å². The first-order valence-electron chi connectivity index (χ1n) is 7.09. The number of aromatic nitrogens is 1. The molecule has 0 fully saturated rings. The predicted molar refractivity (Wildman–Crippen MR) is 88.1 cm³/mol. The number of methoxy groups -OCH3 is 1. The van der Waals surface area contributed by atoms with E-state index in [1.54, 1.807) is 26.0 Å². The highest BCUT2D eigenvalue weighted by atomic mass is 16.6. The van der Waals surface area contributed by atoms with Crippen molar-refractivity contribution >= 4 is 23.5 Å². The number of esters is 1. The summed E-state index contributed by atoms with van der Waals surface area (Å²) in [4.78, 5) is 37.2. The number of ether oxygens (including phenoxy) is 1. The SMILES string of the molecule is COC(=O)c1c(C)[nH]c(C(=O)/C=C/c2cccc([N+](=O)[O-])c2)c1C. The zero-order valence-corrected chi connectivity index (χ0v) is 13.5. The van der Waals surface area contributed by atoms with Gasteiger partial charge in [0.25, 0.3) is 5.69 Å². The van der Waals surface area contributed by atoms with Crippen LogP contribution in [0.3, 0.4) is 0 Å². The molecule has 2 rings (SSSR count). The zero-order chi connectivity index (χ0) is 17.9. The van der Waals surface area contributed by atoms with Gasteiger partial charge in [0.2, 0.25) is 5.78 Å². The molecular formula is C17H16N2O5. The summed E-state index contributed by atoms with van der Waals surface area (Å²) in [5.41, 5.74) is 2.16. The number of hydrogen-bond donors (Lipinski definition) is 1. The van der Waals surface area contributed by atoms with Crippen LogP contribution in [0.4, 0.5) is 5.69 Å². The van der Waals surface area contributed by atoms with E-state index in [0.29, 0.717) is 22.4 Å². The van der Waals surface area contributed by atoms with Gasteiger partial charge in [-0.25, -0.2) is 4.79 Å². The van der Waals surface area contributed by atoms with E-state index in [1.165, 1.54) is 31.4 Å². The van der Waals surface area contributed by atoms with Crippen molar-refractivity contribution in [2.75, 3.05) is 7.11 Å². The molecule has 1 aromatic heterocycles. The Morgan fingerprint density at radius 3 is 2.62 bits per heavy atom. The number of rotatable bonds is 5. The number of nitro benzene ring substituents is 1. The van der Waals surface area contributed by atoms with E-state index < -0.39 is 10.9 Å². The molecule has 0 aliphatic heterocycles. The molecule has 0 saturated carbocycles. The van der Waals surface area contributed by atoms with Gasteiger partial charge in [-0.2, -0.15) is 0 Å². The normalized spacial score (nSPS) is 10.8. The van der Waals surface area contributed by atoms with Crippen molar-refractivity contribution in [2.24, 2.45) is 0 Å². The minimum Gasteiger partial charge on any atom is -0.465 e. The van der Waals surface area contributed by atoms with Crippen LogP contribution in [0.25, 0.3) is 6.08 Å². The van der Waals surface area contributed by atoms with E-state index in [2.05, 4.69) is 4.98 Å². The summed E-state index contributed by atoms with van der Waals surface area (Å²) in [5, 5.41) is 10.8. The average Bonchev–Trinajstić information content (AvgIpc) is 2.87. The molecule has 1 heterocycles. The molecule has 0 radical (unpaired) electrons. The van der Waals surface area contributed by atoms with Crippen LogP contribution in [-0.2, 0) is 4.74 Å². The van der Waals surface area contributed by atoms with Crippen LogP contribution in [0.1, 0.15) is 37.7 Å². The number of hydrogen-bond acceptors (Lipinski definition) is 5. The number of carbonyl (C=O) groups is 2. The highest BCUT2D eigenvalue weighted by Crippen LogP contribution is 2.20. The van der Waals surface area contributed by atoms with Crippen LogP contribution in [0, 0.1) is 24.0 Å². The average molecular weight is 328 g/mol. The molecule has 0 atom stereocenters. The Morgan fingerprint density at radius 1 is 1.29 bits per heavy atom. The standard InChI is InChI=1S/C17H16N2O5/c1-10-15(17(21)24-3)11(2)18-16(10)14(20)8-7-12-5-4-6-13(9-12)19(22)23/h4-9,18H,1-3H3/b8-7+. The van der Waals surface area contributed by atoms with Gasteiger partial charge in [0.1, 0.15) is 0 Å². The van der Waals surface area contributed by atoms with Crippen molar-refractivity contribution in [1.29, 1.82) is 0 Å². The van der Waals surface area contributed by atoms with Gasteiger partial charge in [-0.3, -0.25) is 14.9 Å². The molecule has 0 spiro atoms. The fourth-order valence-corrected chi connectivity index (χ4v) is 2.40. The number of ketones is 1. The quantitative estimate of drug-likeness (QED) is 0.298. The summed E-state index contributed by atoms with van der Waals surface area (Å²) in [5.74, 6) is -0.847. The number of carbonyl (C=O) groups excluding carboxylic acids is 2. The lowest BCUT2D eigenvalue weighted by atomic mass is 10.1. The lowest BCUT2D eigenvalue weighted by molar-refractivity contribution is -0.384. The molecule has 0 unspecified atom stereocenters. The van der Waals surface area contributed by atoms with Crippen LogP contribution in [0.5, 0.6) is 0 Å². The van der Waals surface area contributed by atoms with E-state index in [9.17, 15) is 19.7 Å². The number of H-pyrrole nitrogens is 1. The summed E-state index contributed by atoms with van der Waals surface area (Å²) < 4.78 is 4.70. The Hall–Kier alpha value is -3.22.